The van der Waals surface area contributed by atoms with Crippen molar-refractivity contribution in [3.63, 3.8) is 0 Å². The molecule has 1 aliphatic carbocycles. The zero-order valence-corrected chi connectivity index (χ0v) is 8.16. The maximum absolute atomic E-state index is 10.7. The van der Waals surface area contributed by atoms with Crippen molar-refractivity contribution in [2.75, 3.05) is 0 Å². The molecule has 0 spiro atoms. The van der Waals surface area contributed by atoms with Crippen LogP contribution in [0.25, 0.3) is 0 Å². The van der Waals surface area contributed by atoms with Gasteiger partial charge >= 0.3 is 11.9 Å². The number of aliphatic carboxylic acids is 2. The molecule has 0 saturated heterocycles. The van der Waals surface area contributed by atoms with Gasteiger partial charge in [-0.2, -0.15) is 0 Å². The number of ether oxygens (including phenoxy) is 1. The molecule has 0 aromatic heterocycles. The summed E-state index contributed by atoms with van der Waals surface area (Å²) in [6, 6.07) is 0. The van der Waals surface area contributed by atoms with Crippen LogP contribution in [0.3, 0.4) is 0 Å². The highest BCUT2D eigenvalue weighted by Crippen LogP contribution is 2.22. The quantitative estimate of drug-likeness (QED) is 0.464. The maximum atomic E-state index is 10.7. The predicted molar refractivity (Wildman–Crippen MR) is 52.2 cm³/mol. The number of hydrogen-bond acceptors (Lipinski definition) is 4. The summed E-state index contributed by atoms with van der Waals surface area (Å²) in [6.07, 6.45) is 2.52. The van der Waals surface area contributed by atoms with E-state index >= 15 is 0 Å². The van der Waals surface area contributed by atoms with Crippen LogP contribution in [0.2, 0.25) is 0 Å². The van der Waals surface area contributed by atoms with E-state index < -0.39 is 29.7 Å². The minimum atomic E-state index is -1.42. The molecule has 1 rings (SSSR count). The van der Waals surface area contributed by atoms with Gasteiger partial charge in [-0.25, -0.2) is 4.79 Å². The number of rotatable bonds is 4. The number of carboxylic acid groups (broad SMARTS) is 2. The van der Waals surface area contributed by atoms with Crippen LogP contribution in [0.15, 0.2) is 36.3 Å². The second-order valence-electron chi connectivity index (χ2n) is 3.09. The van der Waals surface area contributed by atoms with Gasteiger partial charge in [-0.15, -0.1) is 0 Å². The summed E-state index contributed by atoms with van der Waals surface area (Å²) in [4.78, 5) is 21.1. The number of carboxylic acids is 2. The molecule has 6 heteroatoms. The SMILES string of the molecule is C=C(OC1=CC=CC(C(=O)O)[C@@H]1O)C(=O)O. The standard InChI is InChI=1S/C10H10O6/c1-5(9(12)13)16-7-4-2-3-6(8(7)11)10(14)15/h2-4,6,8,11H,1H2,(H,12,13)(H,14,15)/t6?,8-/m0/s1. The third-order valence-corrected chi connectivity index (χ3v) is 1.98. The molecule has 3 N–H and O–H groups in total. The summed E-state index contributed by atoms with van der Waals surface area (Å²) in [6.45, 7) is 3.11. The van der Waals surface area contributed by atoms with Gasteiger partial charge in [0.05, 0.1) is 0 Å². The van der Waals surface area contributed by atoms with E-state index in [1.807, 2.05) is 0 Å². The zero-order valence-electron chi connectivity index (χ0n) is 8.16. The molecular weight excluding hydrogens is 216 g/mol. The Kier molecular flexibility index (Phi) is 3.47. The van der Waals surface area contributed by atoms with E-state index in [1.165, 1.54) is 18.2 Å². The van der Waals surface area contributed by atoms with E-state index in [0.717, 1.165) is 0 Å². The molecule has 0 bridgehead atoms. The van der Waals surface area contributed by atoms with Gasteiger partial charge in [0.1, 0.15) is 17.8 Å². The highest BCUT2D eigenvalue weighted by Gasteiger charge is 2.31. The molecule has 0 aromatic rings. The fourth-order valence-corrected chi connectivity index (χ4v) is 1.15. The second kappa shape index (κ2) is 4.63. The normalized spacial score (nSPS) is 23.4. The summed E-state index contributed by atoms with van der Waals surface area (Å²) in [7, 11) is 0. The molecule has 1 unspecified atom stereocenters. The van der Waals surface area contributed by atoms with E-state index in [-0.39, 0.29) is 5.76 Å². The first-order valence-electron chi connectivity index (χ1n) is 4.32. The average molecular weight is 226 g/mol. The Morgan fingerprint density at radius 1 is 1.38 bits per heavy atom. The topological polar surface area (TPSA) is 104 Å². The van der Waals surface area contributed by atoms with Gasteiger partial charge in [0.2, 0.25) is 5.76 Å². The van der Waals surface area contributed by atoms with E-state index in [2.05, 4.69) is 6.58 Å². The summed E-state index contributed by atoms with van der Waals surface area (Å²) in [5.41, 5.74) is 0. The molecule has 0 aliphatic heterocycles. The van der Waals surface area contributed by atoms with Gasteiger partial charge in [-0.05, 0) is 12.7 Å². The lowest BCUT2D eigenvalue weighted by molar-refractivity contribution is -0.143. The molecule has 2 atom stereocenters. The largest absolute Gasteiger partial charge is 0.481 e. The Hall–Kier alpha value is -2.08. The number of carbonyl (C=O) groups is 2. The van der Waals surface area contributed by atoms with E-state index in [4.69, 9.17) is 14.9 Å². The van der Waals surface area contributed by atoms with Crippen LogP contribution in [0.4, 0.5) is 0 Å². The molecule has 0 aromatic carbocycles. The minimum absolute atomic E-state index is 0.151. The molecule has 0 saturated carbocycles. The first kappa shape index (κ1) is 12.0. The zero-order chi connectivity index (χ0) is 12.3. The van der Waals surface area contributed by atoms with Gasteiger partial charge < -0.3 is 20.1 Å². The van der Waals surface area contributed by atoms with Gasteiger partial charge in [0.25, 0.3) is 0 Å². The number of hydrogen-bond donors (Lipinski definition) is 3. The van der Waals surface area contributed by atoms with Crippen molar-refractivity contribution in [2.24, 2.45) is 5.92 Å². The van der Waals surface area contributed by atoms with Crippen molar-refractivity contribution < 1.29 is 29.6 Å². The maximum Gasteiger partial charge on any atom is 0.371 e. The van der Waals surface area contributed by atoms with Crippen molar-refractivity contribution in [3.8, 4) is 0 Å². The third-order valence-electron chi connectivity index (χ3n) is 1.98. The third kappa shape index (κ3) is 2.48. The highest BCUT2D eigenvalue weighted by molar-refractivity contribution is 5.83. The Bertz CT molecular complexity index is 392. The van der Waals surface area contributed by atoms with Crippen molar-refractivity contribution in [2.45, 2.75) is 6.10 Å². The average Bonchev–Trinajstić information content (AvgIpc) is 2.20. The van der Waals surface area contributed by atoms with Crippen LogP contribution >= 0.6 is 0 Å². The molecular formula is C10H10O6. The first-order chi connectivity index (χ1) is 7.43. The molecule has 0 amide bonds. The monoisotopic (exact) mass is 226 g/mol. The Labute approximate surface area is 90.8 Å². The Morgan fingerprint density at radius 2 is 2.00 bits per heavy atom. The van der Waals surface area contributed by atoms with Crippen LogP contribution in [0, 0.1) is 5.92 Å². The van der Waals surface area contributed by atoms with Crippen molar-refractivity contribution in [1.29, 1.82) is 0 Å². The molecule has 0 fully saturated rings. The summed E-state index contributed by atoms with van der Waals surface area (Å²) in [5.74, 6) is -4.48. The molecule has 16 heavy (non-hydrogen) atoms. The summed E-state index contributed by atoms with van der Waals surface area (Å²) in [5, 5.41) is 26.8. The summed E-state index contributed by atoms with van der Waals surface area (Å²) >= 11 is 0. The predicted octanol–water partition coefficient (Wildman–Crippen LogP) is 0.117. The minimum Gasteiger partial charge on any atom is -0.481 e. The van der Waals surface area contributed by atoms with Crippen LogP contribution in [0.5, 0.6) is 0 Å². The molecule has 6 nitrogen and oxygen atoms in total. The first-order valence-corrected chi connectivity index (χ1v) is 4.32. The lowest BCUT2D eigenvalue weighted by Gasteiger charge is -2.21. The molecule has 1 aliphatic rings. The number of allylic oxidation sites excluding steroid dienone is 2. The lowest BCUT2D eigenvalue weighted by atomic mass is 9.96. The lowest BCUT2D eigenvalue weighted by Crippen LogP contribution is -2.31. The van der Waals surface area contributed by atoms with Crippen LogP contribution in [0.1, 0.15) is 0 Å². The highest BCUT2D eigenvalue weighted by atomic mass is 16.5. The van der Waals surface area contributed by atoms with Crippen LogP contribution in [-0.4, -0.2) is 33.4 Å². The number of aliphatic hydroxyl groups is 1. The van der Waals surface area contributed by atoms with Gasteiger partial charge in [0.15, 0.2) is 0 Å². The van der Waals surface area contributed by atoms with Crippen LogP contribution in [-0.2, 0) is 14.3 Å². The smallest absolute Gasteiger partial charge is 0.371 e. The van der Waals surface area contributed by atoms with E-state index in [0.29, 0.717) is 0 Å². The van der Waals surface area contributed by atoms with Crippen LogP contribution < -0.4 is 0 Å². The van der Waals surface area contributed by atoms with Gasteiger partial charge in [0, 0.05) is 0 Å². The molecule has 86 valence electrons. The summed E-state index contributed by atoms with van der Waals surface area (Å²) < 4.78 is 4.75. The fourth-order valence-electron chi connectivity index (χ4n) is 1.15. The Balaban J connectivity index is 2.79. The van der Waals surface area contributed by atoms with Gasteiger partial charge in [-0.3, -0.25) is 4.79 Å². The van der Waals surface area contributed by atoms with Crippen molar-refractivity contribution in [3.05, 3.63) is 36.3 Å². The van der Waals surface area contributed by atoms with Crippen molar-refractivity contribution >= 4 is 11.9 Å². The molecule has 0 heterocycles. The second-order valence-corrected chi connectivity index (χ2v) is 3.09. The molecule has 0 radical (unpaired) electrons. The van der Waals surface area contributed by atoms with E-state index in [1.54, 1.807) is 0 Å². The van der Waals surface area contributed by atoms with E-state index in [9.17, 15) is 14.7 Å². The fraction of sp³-hybridized carbons (Fsp3) is 0.200. The van der Waals surface area contributed by atoms with Crippen molar-refractivity contribution in [1.82, 2.24) is 0 Å². The Morgan fingerprint density at radius 3 is 2.50 bits per heavy atom. The van der Waals surface area contributed by atoms with Gasteiger partial charge in [-0.1, -0.05) is 12.2 Å². The number of aliphatic hydroxyl groups excluding tert-OH is 1.